The van der Waals surface area contributed by atoms with Crippen LogP contribution in [0, 0.1) is 19.8 Å². The maximum Gasteiger partial charge on any atom is 0.191 e. The highest BCUT2D eigenvalue weighted by Gasteiger charge is 2.24. The van der Waals surface area contributed by atoms with E-state index in [2.05, 4.69) is 34.5 Å². The zero-order valence-corrected chi connectivity index (χ0v) is 16.7. The van der Waals surface area contributed by atoms with Crippen LogP contribution in [0.5, 0.6) is 0 Å². The number of rotatable bonds is 5. The van der Waals surface area contributed by atoms with E-state index in [0.29, 0.717) is 12.5 Å². The van der Waals surface area contributed by atoms with Crippen molar-refractivity contribution in [1.82, 2.24) is 15.6 Å². The Hall–Kier alpha value is -0.410. The van der Waals surface area contributed by atoms with Gasteiger partial charge < -0.3 is 15.7 Å². The first-order chi connectivity index (χ1) is 10.1. The molecule has 1 heterocycles. The lowest BCUT2D eigenvalue weighted by Gasteiger charge is -2.17. The van der Waals surface area contributed by atoms with Crippen LogP contribution in [-0.2, 0) is 6.54 Å². The van der Waals surface area contributed by atoms with Crippen LogP contribution < -0.4 is 10.6 Å². The molecule has 1 aromatic heterocycles. The number of thiazole rings is 1. The molecule has 0 amide bonds. The fourth-order valence-electron chi connectivity index (χ4n) is 2.58. The number of nitrogens with one attached hydrogen (secondary N) is 2. The van der Waals surface area contributed by atoms with Crippen molar-refractivity contribution in [2.24, 2.45) is 10.9 Å². The summed E-state index contributed by atoms with van der Waals surface area (Å²) in [4.78, 5) is 10.3. The Morgan fingerprint density at radius 1 is 1.36 bits per heavy atom. The van der Waals surface area contributed by atoms with Gasteiger partial charge in [0.2, 0.25) is 0 Å². The van der Waals surface area contributed by atoms with Gasteiger partial charge in [0.25, 0.3) is 0 Å². The van der Waals surface area contributed by atoms with Gasteiger partial charge in [0.1, 0.15) is 5.01 Å². The quantitative estimate of drug-likeness (QED) is 0.376. The number of aliphatic hydroxyl groups excluding tert-OH is 1. The van der Waals surface area contributed by atoms with Gasteiger partial charge in [0, 0.05) is 23.9 Å². The molecule has 5 nitrogen and oxygen atoms in total. The molecule has 1 aromatic rings. The molecule has 1 aliphatic carbocycles. The van der Waals surface area contributed by atoms with Crippen LogP contribution in [0.3, 0.4) is 0 Å². The van der Waals surface area contributed by atoms with Gasteiger partial charge in [-0.15, -0.1) is 35.3 Å². The van der Waals surface area contributed by atoms with Crippen LogP contribution in [0.2, 0.25) is 0 Å². The number of aliphatic hydroxyl groups is 1. The van der Waals surface area contributed by atoms with Crippen LogP contribution >= 0.6 is 35.3 Å². The molecule has 1 saturated carbocycles. The Balaban J connectivity index is 0.00000242. The highest BCUT2D eigenvalue weighted by Crippen LogP contribution is 2.24. The number of nitrogens with zero attached hydrogens (tertiary/aromatic N) is 2. The molecule has 1 aliphatic rings. The molecule has 126 valence electrons. The first kappa shape index (κ1) is 19.6. The van der Waals surface area contributed by atoms with Gasteiger partial charge in [-0.2, -0.15) is 0 Å². The van der Waals surface area contributed by atoms with Gasteiger partial charge in [0.05, 0.1) is 18.3 Å². The second-order valence-corrected chi connectivity index (χ2v) is 6.87. The minimum Gasteiger partial charge on any atom is -0.393 e. The molecule has 0 radical (unpaired) electrons. The van der Waals surface area contributed by atoms with Crippen LogP contribution in [0.1, 0.15) is 41.8 Å². The van der Waals surface area contributed by atoms with Crippen molar-refractivity contribution in [2.45, 2.75) is 52.7 Å². The Morgan fingerprint density at radius 2 is 2.14 bits per heavy atom. The lowest BCUT2D eigenvalue weighted by molar-refractivity contribution is 0.134. The van der Waals surface area contributed by atoms with Crippen molar-refractivity contribution in [3.05, 3.63) is 15.6 Å². The average Bonchev–Trinajstić information content (AvgIpc) is 3.00. The molecule has 2 rings (SSSR count). The van der Waals surface area contributed by atoms with E-state index in [1.165, 1.54) is 4.88 Å². The summed E-state index contributed by atoms with van der Waals surface area (Å²) in [5, 5.41) is 17.5. The molecule has 7 heteroatoms. The van der Waals surface area contributed by atoms with E-state index < -0.39 is 0 Å². The van der Waals surface area contributed by atoms with Gasteiger partial charge in [-0.05, 0) is 33.6 Å². The lowest BCUT2D eigenvalue weighted by Crippen LogP contribution is -2.41. The predicted molar refractivity (Wildman–Crippen MR) is 103 cm³/mol. The number of hydrogen-bond acceptors (Lipinski definition) is 4. The van der Waals surface area contributed by atoms with Crippen molar-refractivity contribution in [1.29, 1.82) is 0 Å². The molecule has 0 spiro atoms. The van der Waals surface area contributed by atoms with E-state index in [-0.39, 0.29) is 30.1 Å². The van der Waals surface area contributed by atoms with Gasteiger partial charge >= 0.3 is 0 Å². The van der Waals surface area contributed by atoms with Crippen molar-refractivity contribution in [3.63, 3.8) is 0 Å². The third kappa shape index (κ3) is 5.66. The number of guanidine groups is 1. The Morgan fingerprint density at radius 3 is 2.68 bits per heavy atom. The molecule has 2 atom stereocenters. The maximum atomic E-state index is 9.86. The summed E-state index contributed by atoms with van der Waals surface area (Å²) in [6.07, 6.45) is 2.99. The Labute approximate surface area is 154 Å². The number of hydrogen-bond donors (Lipinski definition) is 3. The Kier molecular flexibility index (Phi) is 8.63. The molecule has 0 saturated heterocycles. The molecule has 3 N–H and O–H groups in total. The molecule has 0 bridgehead atoms. The molecule has 0 aliphatic heterocycles. The summed E-state index contributed by atoms with van der Waals surface area (Å²) in [6, 6.07) is 0. The largest absolute Gasteiger partial charge is 0.393 e. The standard InChI is InChI=1S/C15H26N4OS.HI/c1-4-16-15(17-8-12-6-5-7-13(12)20)18-9-14-19-10(2)11(3)21-14;/h12-13,20H,4-9H2,1-3H3,(H2,16,17,18);1H. The van der Waals surface area contributed by atoms with Crippen LogP contribution in [0.25, 0.3) is 0 Å². The Bertz CT molecular complexity index is 472. The highest BCUT2D eigenvalue weighted by atomic mass is 127. The number of aromatic nitrogens is 1. The number of aryl methyl sites for hydroxylation is 2. The fourth-order valence-corrected chi connectivity index (χ4v) is 3.44. The topological polar surface area (TPSA) is 69.5 Å². The lowest BCUT2D eigenvalue weighted by atomic mass is 10.1. The van der Waals surface area contributed by atoms with E-state index >= 15 is 0 Å². The zero-order chi connectivity index (χ0) is 15.2. The summed E-state index contributed by atoms with van der Waals surface area (Å²) >= 11 is 1.70. The zero-order valence-electron chi connectivity index (χ0n) is 13.6. The summed E-state index contributed by atoms with van der Waals surface area (Å²) in [5.41, 5.74) is 1.09. The second-order valence-electron chi connectivity index (χ2n) is 5.58. The molecule has 22 heavy (non-hydrogen) atoms. The number of aliphatic imine (C=N–C) groups is 1. The monoisotopic (exact) mass is 438 g/mol. The third-order valence-corrected chi connectivity index (χ3v) is 5.00. The summed E-state index contributed by atoms with van der Waals surface area (Å²) in [7, 11) is 0. The predicted octanol–water partition coefficient (Wildman–Crippen LogP) is 2.59. The molecular weight excluding hydrogens is 411 g/mol. The minimum atomic E-state index is -0.162. The molecule has 1 fully saturated rings. The van der Waals surface area contributed by atoms with Crippen molar-refractivity contribution in [3.8, 4) is 0 Å². The molecule has 2 unspecified atom stereocenters. The summed E-state index contributed by atoms with van der Waals surface area (Å²) in [6.45, 7) is 8.38. The average molecular weight is 438 g/mol. The normalized spacial score (nSPS) is 21.5. The van der Waals surface area contributed by atoms with Crippen molar-refractivity contribution in [2.75, 3.05) is 13.1 Å². The van der Waals surface area contributed by atoms with Crippen LogP contribution in [-0.4, -0.2) is 35.2 Å². The minimum absolute atomic E-state index is 0. The van der Waals surface area contributed by atoms with E-state index in [4.69, 9.17) is 0 Å². The number of halogens is 1. The summed E-state index contributed by atoms with van der Waals surface area (Å²) in [5.74, 6) is 1.15. The third-order valence-electron chi connectivity index (χ3n) is 3.94. The van der Waals surface area contributed by atoms with Gasteiger partial charge in [-0.3, -0.25) is 0 Å². The fraction of sp³-hybridized carbons (Fsp3) is 0.733. The first-order valence-electron chi connectivity index (χ1n) is 7.73. The SMILES string of the molecule is CCNC(=NCc1nc(C)c(C)s1)NCC1CCCC1O.I. The van der Waals surface area contributed by atoms with Crippen molar-refractivity contribution >= 4 is 41.3 Å². The first-order valence-corrected chi connectivity index (χ1v) is 8.55. The second kappa shape index (κ2) is 9.67. The molecular formula is C15H27IN4OS. The van der Waals surface area contributed by atoms with Crippen molar-refractivity contribution < 1.29 is 5.11 Å². The van der Waals surface area contributed by atoms with Crippen LogP contribution in [0.15, 0.2) is 4.99 Å². The van der Waals surface area contributed by atoms with E-state index in [9.17, 15) is 5.11 Å². The van der Waals surface area contributed by atoms with Gasteiger partial charge in [-0.1, -0.05) is 6.42 Å². The maximum absolute atomic E-state index is 9.86. The smallest absolute Gasteiger partial charge is 0.191 e. The van der Waals surface area contributed by atoms with E-state index in [0.717, 1.165) is 49.0 Å². The van der Waals surface area contributed by atoms with Gasteiger partial charge in [0.15, 0.2) is 5.96 Å². The summed E-state index contributed by atoms with van der Waals surface area (Å²) < 4.78 is 0. The van der Waals surface area contributed by atoms with E-state index in [1.807, 2.05) is 6.92 Å². The molecule has 0 aromatic carbocycles. The van der Waals surface area contributed by atoms with E-state index in [1.54, 1.807) is 11.3 Å². The van der Waals surface area contributed by atoms with Gasteiger partial charge in [-0.25, -0.2) is 9.98 Å². The van der Waals surface area contributed by atoms with Crippen LogP contribution in [0.4, 0.5) is 0 Å². The highest BCUT2D eigenvalue weighted by molar-refractivity contribution is 14.0.